The third-order valence-corrected chi connectivity index (χ3v) is 4.39. The molecule has 0 amide bonds. The van der Waals surface area contributed by atoms with Crippen LogP contribution in [-0.4, -0.2) is 9.67 Å². The number of aromatic nitrogens is 1. The lowest BCUT2D eigenvalue weighted by Crippen LogP contribution is -2.26. The average Bonchev–Trinajstić information content (AvgIpc) is 2.71. The molecule has 20 heavy (non-hydrogen) atoms. The molecule has 2 nitrogen and oxygen atoms in total. The number of benzene rings is 1. The molecule has 1 heterocycles. The molecule has 2 aromatic rings. The van der Waals surface area contributed by atoms with E-state index in [0.717, 1.165) is 18.4 Å². The van der Waals surface area contributed by atoms with E-state index in [1.54, 1.807) is 0 Å². The van der Waals surface area contributed by atoms with Crippen molar-refractivity contribution in [2.75, 3.05) is 0 Å². The molecule has 1 aliphatic rings. The Morgan fingerprint density at radius 2 is 1.95 bits per heavy atom. The maximum absolute atomic E-state index is 10.4. The molecule has 1 atom stereocenters. The Labute approximate surface area is 121 Å². The van der Waals surface area contributed by atoms with Gasteiger partial charge in [0.1, 0.15) is 0 Å². The van der Waals surface area contributed by atoms with Crippen LogP contribution in [0.15, 0.2) is 30.5 Å². The first kappa shape index (κ1) is 13.4. The van der Waals surface area contributed by atoms with Gasteiger partial charge in [0.2, 0.25) is 0 Å². The first-order chi connectivity index (χ1) is 9.37. The largest absolute Gasteiger partial charge is 0.388 e. The van der Waals surface area contributed by atoms with Crippen LogP contribution < -0.4 is 0 Å². The fraction of sp³-hybridized carbons (Fsp3) is 0.444. The molecule has 0 saturated heterocycles. The summed E-state index contributed by atoms with van der Waals surface area (Å²) in [6, 6.07) is 8.62. The zero-order valence-electron chi connectivity index (χ0n) is 12.8. The molecular formula is C18H23NO. The maximum Gasteiger partial charge on any atom is 0.0812 e. The van der Waals surface area contributed by atoms with Crippen molar-refractivity contribution >= 4 is 0 Å². The average molecular weight is 269 g/mol. The maximum atomic E-state index is 10.4. The topological polar surface area (TPSA) is 25.2 Å². The van der Waals surface area contributed by atoms with Crippen molar-refractivity contribution in [1.82, 2.24) is 4.57 Å². The minimum atomic E-state index is -0.333. The molecule has 0 aliphatic heterocycles. The molecule has 0 bridgehead atoms. The fourth-order valence-corrected chi connectivity index (χ4v) is 3.43. The molecule has 1 aromatic carbocycles. The molecule has 1 unspecified atom stereocenters. The molecule has 0 fully saturated rings. The van der Waals surface area contributed by atoms with Crippen molar-refractivity contribution in [1.29, 1.82) is 0 Å². The number of aliphatic hydroxyl groups excluding tert-OH is 1. The normalized spacial score (nSPS) is 20.8. The van der Waals surface area contributed by atoms with Crippen LogP contribution in [0.4, 0.5) is 0 Å². The smallest absolute Gasteiger partial charge is 0.0812 e. The van der Waals surface area contributed by atoms with Gasteiger partial charge in [-0.3, -0.25) is 0 Å². The van der Waals surface area contributed by atoms with Gasteiger partial charge >= 0.3 is 0 Å². The van der Waals surface area contributed by atoms with E-state index in [1.165, 1.54) is 22.5 Å². The van der Waals surface area contributed by atoms with Crippen LogP contribution in [0.5, 0.6) is 0 Å². The Balaban J connectivity index is 2.13. The number of rotatable bonds is 1. The first-order valence-electron chi connectivity index (χ1n) is 7.33. The highest BCUT2D eigenvalue weighted by atomic mass is 16.3. The molecule has 3 rings (SSSR count). The lowest BCUT2D eigenvalue weighted by atomic mass is 9.75. The van der Waals surface area contributed by atoms with Crippen LogP contribution in [0.2, 0.25) is 0 Å². The SMILES string of the molecule is Cc1ccc(-n2ccc3c2CC(C)(C)CC3O)c(C)c1. The highest BCUT2D eigenvalue weighted by molar-refractivity contribution is 5.47. The minimum absolute atomic E-state index is 0.154. The van der Waals surface area contributed by atoms with E-state index in [-0.39, 0.29) is 11.5 Å². The van der Waals surface area contributed by atoms with Gasteiger partial charge in [-0.2, -0.15) is 0 Å². The Kier molecular flexibility index (Phi) is 3.02. The monoisotopic (exact) mass is 269 g/mol. The van der Waals surface area contributed by atoms with Gasteiger partial charge in [0.25, 0.3) is 0 Å². The summed E-state index contributed by atoms with van der Waals surface area (Å²) in [7, 11) is 0. The van der Waals surface area contributed by atoms with Crippen molar-refractivity contribution < 1.29 is 5.11 Å². The Morgan fingerprint density at radius 1 is 1.20 bits per heavy atom. The minimum Gasteiger partial charge on any atom is -0.388 e. The molecule has 1 aromatic heterocycles. The molecule has 0 radical (unpaired) electrons. The van der Waals surface area contributed by atoms with E-state index < -0.39 is 0 Å². The lowest BCUT2D eigenvalue weighted by molar-refractivity contribution is 0.0987. The summed E-state index contributed by atoms with van der Waals surface area (Å²) in [4.78, 5) is 0. The first-order valence-corrected chi connectivity index (χ1v) is 7.33. The molecule has 0 saturated carbocycles. The van der Waals surface area contributed by atoms with E-state index in [0.29, 0.717) is 0 Å². The Morgan fingerprint density at radius 3 is 2.65 bits per heavy atom. The standard InChI is InChI=1S/C18H23NO/c1-12-5-6-15(13(2)9-12)19-8-7-14-16(19)10-18(3,4)11-17(14)20/h5-9,17,20H,10-11H2,1-4H3. The molecule has 1 aliphatic carbocycles. The van der Waals surface area contributed by atoms with E-state index in [1.807, 2.05) is 0 Å². The van der Waals surface area contributed by atoms with Crippen molar-refractivity contribution in [2.24, 2.45) is 5.41 Å². The van der Waals surface area contributed by atoms with Crippen molar-refractivity contribution in [3.05, 3.63) is 52.8 Å². The number of fused-ring (bicyclic) bond motifs is 1. The summed E-state index contributed by atoms with van der Waals surface area (Å²) in [6.45, 7) is 8.74. The quantitative estimate of drug-likeness (QED) is 0.828. The molecule has 0 spiro atoms. The van der Waals surface area contributed by atoms with Crippen LogP contribution in [0.3, 0.4) is 0 Å². The number of nitrogens with zero attached hydrogens (tertiary/aromatic N) is 1. The van der Waals surface area contributed by atoms with E-state index in [9.17, 15) is 5.11 Å². The number of hydrogen-bond donors (Lipinski definition) is 1. The second-order valence-electron chi connectivity index (χ2n) is 6.94. The second kappa shape index (κ2) is 4.49. The predicted molar refractivity (Wildman–Crippen MR) is 82.3 cm³/mol. The van der Waals surface area contributed by atoms with Gasteiger partial charge in [0.05, 0.1) is 6.10 Å². The Hall–Kier alpha value is -1.54. The molecule has 106 valence electrons. The van der Waals surface area contributed by atoms with E-state index in [2.05, 4.69) is 62.7 Å². The summed E-state index contributed by atoms with van der Waals surface area (Å²) < 4.78 is 2.26. The van der Waals surface area contributed by atoms with Crippen LogP contribution in [0.1, 0.15) is 48.8 Å². The third-order valence-electron chi connectivity index (χ3n) is 4.39. The van der Waals surface area contributed by atoms with E-state index in [4.69, 9.17) is 0 Å². The highest BCUT2D eigenvalue weighted by Crippen LogP contribution is 2.42. The van der Waals surface area contributed by atoms with Gasteiger partial charge in [0.15, 0.2) is 0 Å². The van der Waals surface area contributed by atoms with Gasteiger partial charge in [-0.15, -0.1) is 0 Å². The molecule has 1 N–H and O–H groups in total. The van der Waals surface area contributed by atoms with Gasteiger partial charge in [-0.05, 0) is 49.8 Å². The van der Waals surface area contributed by atoms with Crippen molar-refractivity contribution in [2.45, 2.75) is 46.6 Å². The van der Waals surface area contributed by atoms with Crippen LogP contribution >= 0.6 is 0 Å². The molecular weight excluding hydrogens is 246 g/mol. The van der Waals surface area contributed by atoms with Gasteiger partial charge in [-0.25, -0.2) is 0 Å². The zero-order valence-corrected chi connectivity index (χ0v) is 12.8. The predicted octanol–water partition coefficient (Wildman–Crippen LogP) is 4.10. The van der Waals surface area contributed by atoms with Crippen LogP contribution in [0, 0.1) is 19.3 Å². The zero-order chi connectivity index (χ0) is 14.5. The number of aliphatic hydroxyl groups is 1. The van der Waals surface area contributed by atoms with Gasteiger partial charge in [0, 0.05) is 23.1 Å². The molecule has 2 heteroatoms. The van der Waals surface area contributed by atoms with E-state index >= 15 is 0 Å². The summed E-state index contributed by atoms with van der Waals surface area (Å²) in [5, 5.41) is 10.4. The number of hydrogen-bond acceptors (Lipinski definition) is 1. The summed E-state index contributed by atoms with van der Waals surface area (Å²) in [5.74, 6) is 0. The summed E-state index contributed by atoms with van der Waals surface area (Å²) in [6.07, 6.45) is 3.63. The third kappa shape index (κ3) is 2.18. The fourth-order valence-electron chi connectivity index (χ4n) is 3.43. The van der Waals surface area contributed by atoms with Gasteiger partial charge in [-0.1, -0.05) is 31.5 Å². The summed E-state index contributed by atoms with van der Waals surface area (Å²) >= 11 is 0. The second-order valence-corrected chi connectivity index (χ2v) is 6.94. The summed E-state index contributed by atoms with van der Waals surface area (Å²) in [5.41, 5.74) is 6.31. The van der Waals surface area contributed by atoms with Gasteiger partial charge < -0.3 is 9.67 Å². The van der Waals surface area contributed by atoms with Crippen molar-refractivity contribution in [3.8, 4) is 5.69 Å². The van der Waals surface area contributed by atoms with Crippen LogP contribution in [0.25, 0.3) is 5.69 Å². The van der Waals surface area contributed by atoms with Crippen molar-refractivity contribution in [3.63, 3.8) is 0 Å². The lowest BCUT2D eigenvalue weighted by Gasteiger charge is -2.34. The Bertz CT molecular complexity index is 651. The van der Waals surface area contributed by atoms with Crippen LogP contribution in [-0.2, 0) is 6.42 Å². The number of aryl methyl sites for hydroxylation is 2. The highest BCUT2D eigenvalue weighted by Gasteiger charge is 2.33.